The van der Waals surface area contributed by atoms with E-state index in [1.807, 2.05) is 32.0 Å². The Morgan fingerprint density at radius 2 is 1.50 bits per heavy atom. The quantitative estimate of drug-likeness (QED) is 0.573. The zero-order chi connectivity index (χ0) is 6.85. The van der Waals surface area contributed by atoms with Crippen molar-refractivity contribution in [1.29, 1.82) is 0 Å². The first-order valence-corrected chi connectivity index (χ1v) is 2.97. The summed E-state index contributed by atoms with van der Waals surface area (Å²) in [6, 6.07) is 5.72. The summed E-state index contributed by atoms with van der Waals surface area (Å²) in [5.74, 6) is 0.414. The normalized spacial score (nSPS) is 8.60. The topological polar surface area (TPSA) is 20.2 Å². The third kappa shape index (κ3) is 2.36. The number of phenols is 1. The molecular weight excluding hydrogens is 151 g/mol. The van der Waals surface area contributed by atoms with E-state index in [-0.39, 0.29) is 51.4 Å². The van der Waals surface area contributed by atoms with E-state index in [0.717, 1.165) is 11.1 Å². The van der Waals surface area contributed by atoms with Gasteiger partial charge in [-0.05, 0) is 25.0 Å². The number of phenolic OH excluding ortho intramolecular Hbond substituents is 1. The van der Waals surface area contributed by atoms with Gasteiger partial charge in [0.2, 0.25) is 0 Å². The second-order valence-electron chi connectivity index (χ2n) is 2.24. The summed E-state index contributed by atoms with van der Waals surface area (Å²) in [7, 11) is 0. The molecule has 0 heterocycles. The molecule has 0 saturated carbocycles. The van der Waals surface area contributed by atoms with Crippen LogP contribution in [0.3, 0.4) is 0 Å². The minimum atomic E-state index is 0. The maximum Gasteiger partial charge on any atom is 0.121 e. The predicted molar refractivity (Wildman–Crippen MR) is 43.3 cm³/mol. The number of hydrogen-bond donors (Lipinski definition) is 1. The van der Waals surface area contributed by atoms with Crippen LogP contribution in [0, 0.1) is 13.8 Å². The molecule has 49 valence electrons. The second-order valence-corrected chi connectivity index (χ2v) is 2.24. The van der Waals surface area contributed by atoms with Gasteiger partial charge in [-0.3, -0.25) is 0 Å². The minimum Gasteiger partial charge on any atom is -0.507 e. The average molecular weight is 161 g/mol. The van der Waals surface area contributed by atoms with Crippen LogP contribution in [-0.4, -0.2) is 56.5 Å². The van der Waals surface area contributed by atoms with Crippen LogP contribution in [-0.2, 0) is 0 Å². The van der Waals surface area contributed by atoms with Crippen LogP contribution in [0.1, 0.15) is 11.1 Å². The molecule has 2 heteroatoms. The smallest absolute Gasteiger partial charge is 0.121 e. The number of para-hydroxylation sites is 1. The molecule has 1 aromatic rings. The van der Waals surface area contributed by atoms with Crippen molar-refractivity contribution in [3.8, 4) is 5.75 Å². The molecule has 0 aromatic heterocycles. The first kappa shape index (κ1) is 10.7. The van der Waals surface area contributed by atoms with Crippen LogP contribution in [0.25, 0.3) is 0 Å². The summed E-state index contributed by atoms with van der Waals surface area (Å²) in [6.07, 6.45) is 0. The van der Waals surface area contributed by atoms with E-state index < -0.39 is 0 Å². The molecule has 10 heavy (non-hydrogen) atoms. The molecule has 1 radical (unpaired) electrons. The van der Waals surface area contributed by atoms with Crippen LogP contribution in [0.2, 0.25) is 0 Å². The average Bonchev–Trinajstić information content (AvgIpc) is 1.83. The largest absolute Gasteiger partial charge is 0.507 e. The molecule has 0 atom stereocenters. The van der Waals surface area contributed by atoms with E-state index in [2.05, 4.69) is 0 Å². The van der Waals surface area contributed by atoms with Gasteiger partial charge in [0.1, 0.15) is 5.75 Å². The van der Waals surface area contributed by atoms with E-state index in [4.69, 9.17) is 0 Å². The maximum absolute atomic E-state index is 9.21. The van der Waals surface area contributed by atoms with Gasteiger partial charge in [0.05, 0.1) is 0 Å². The van der Waals surface area contributed by atoms with Crippen LogP contribution in [0.15, 0.2) is 18.2 Å². The number of aromatic hydroxyl groups is 1. The van der Waals surface area contributed by atoms with Crippen molar-refractivity contribution in [3.63, 3.8) is 0 Å². The number of aryl methyl sites for hydroxylation is 2. The van der Waals surface area contributed by atoms with E-state index in [1.165, 1.54) is 0 Å². The van der Waals surface area contributed by atoms with E-state index in [0.29, 0.717) is 5.75 Å². The van der Waals surface area contributed by atoms with E-state index in [1.54, 1.807) is 0 Å². The fourth-order valence-electron chi connectivity index (χ4n) is 0.806. The van der Waals surface area contributed by atoms with Crippen molar-refractivity contribution in [2.75, 3.05) is 0 Å². The summed E-state index contributed by atoms with van der Waals surface area (Å²) < 4.78 is 0. The van der Waals surface area contributed by atoms with Crippen molar-refractivity contribution in [2.24, 2.45) is 0 Å². The van der Waals surface area contributed by atoms with Gasteiger partial charge >= 0.3 is 0 Å². The van der Waals surface area contributed by atoms with Gasteiger partial charge in [0, 0.05) is 51.4 Å². The molecule has 1 rings (SSSR count). The third-order valence-corrected chi connectivity index (χ3v) is 1.44. The Bertz CT molecular complexity index is 200. The number of benzene rings is 1. The van der Waals surface area contributed by atoms with Crippen LogP contribution >= 0.6 is 0 Å². The second kappa shape index (κ2) is 4.52. The molecule has 1 nitrogen and oxygen atoms in total. The van der Waals surface area contributed by atoms with Crippen molar-refractivity contribution >= 4 is 51.4 Å². The Morgan fingerprint density at radius 1 is 1.10 bits per heavy atom. The van der Waals surface area contributed by atoms with Gasteiger partial charge in [-0.2, -0.15) is 0 Å². The fraction of sp³-hybridized carbons (Fsp3) is 0.250. The zero-order valence-electron chi connectivity index (χ0n) is 6.68. The summed E-state index contributed by atoms with van der Waals surface area (Å²) in [4.78, 5) is 0. The van der Waals surface area contributed by atoms with Crippen molar-refractivity contribution in [3.05, 3.63) is 29.3 Å². The van der Waals surface area contributed by atoms with Gasteiger partial charge < -0.3 is 5.11 Å². The molecule has 0 amide bonds. The van der Waals surface area contributed by atoms with Gasteiger partial charge in [-0.15, -0.1) is 0 Å². The Hall–Kier alpha value is 0.656. The summed E-state index contributed by atoms with van der Waals surface area (Å²) in [5.41, 5.74) is 1.88. The first-order chi connectivity index (χ1) is 4.22. The van der Waals surface area contributed by atoms with Gasteiger partial charge in [-0.25, -0.2) is 0 Å². The van der Waals surface area contributed by atoms with Crippen LogP contribution in [0.4, 0.5) is 0 Å². The Labute approximate surface area is 104 Å². The molecule has 0 aliphatic heterocycles. The standard InChI is InChI=1S/C8H10O.K/c1-6-4-3-5-7(2)8(6)9;/h3-5,9H,1-2H3;. The SMILES string of the molecule is Cc1cccc(C)c1O.[K]. The van der Waals surface area contributed by atoms with Gasteiger partial charge in [-0.1, -0.05) is 18.2 Å². The Morgan fingerprint density at radius 3 is 1.80 bits per heavy atom. The summed E-state index contributed by atoms with van der Waals surface area (Å²) in [6.45, 7) is 3.78. The molecular formula is C8H10KO. The molecule has 0 saturated heterocycles. The Balaban J connectivity index is 0.000000810. The fourth-order valence-corrected chi connectivity index (χ4v) is 0.806. The van der Waals surface area contributed by atoms with E-state index in [9.17, 15) is 5.11 Å². The van der Waals surface area contributed by atoms with Crippen LogP contribution < -0.4 is 0 Å². The third-order valence-electron chi connectivity index (χ3n) is 1.44. The molecule has 0 aliphatic carbocycles. The molecule has 0 fully saturated rings. The number of rotatable bonds is 0. The van der Waals surface area contributed by atoms with Crippen LogP contribution in [0.5, 0.6) is 5.75 Å². The maximum atomic E-state index is 9.21. The molecule has 1 aromatic carbocycles. The zero-order valence-corrected chi connectivity index (χ0v) is 9.80. The van der Waals surface area contributed by atoms with Crippen molar-refractivity contribution in [2.45, 2.75) is 13.8 Å². The minimum absolute atomic E-state index is 0. The predicted octanol–water partition coefficient (Wildman–Crippen LogP) is 1.63. The monoisotopic (exact) mass is 161 g/mol. The van der Waals surface area contributed by atoms with Gasteiger partial charge in [0.15, 0.2) is 0 Å². The first-order valence-electron chi connectivity index (χ1n) is 2.97. The molecule has 0 spiro atoms. The molecule has 0 unspecified atom stereocenters. The van der Waals surface area contributed by atoms with Crippen molar-refractivity contribution in [1.82, 2.24) is 0 Å². The molecule has 0 bridgehead atoms. The van der Waals surface area contributed by atoms with Gasteiger partial charge in [0.25, 0.3) is 0 Å². The van der Waals surface area contributed by atoms with Crippen molar-refractivity contribution < 1.29 is 5.11 Å². The Kier molecular flexibility index (Phi) is 4.81. The summed E-state index contributed by atoms with van der Waals surface area (Å²) >= 11 is 0. The number of hydrogen-bond acceptors (Lipinski definition) is 1. The van der Waals surface area contributed by atoms with E-state index >= 15 is 0 Å². The molecule has 0 aliphatic rings. The summed E-state index contributed by atoms with van der Waals surface area (Å²) in [5, 5.41) is 9.21. The molecule has 1 N–H and O–H groups in total.